The van der Waals surface area contributed by atoms with E-state index in [1.165, 1.54) is 50.5 Å². The molecule has 2 aromatic heterocycles. The summed E-state index contributed by atoms with van der Waals surface area (Å²) in [5, 5.41) is 11.0. The van der Waals surface area contributed by atoms with Crippen LogP contribution in [0.2, 0.25) is 0 Å². The standard InChI is InChI=1S/C27H32N2O2.C27H28N2O2/c2*1-27(2,3)25(30)15-18-9-11-20(12-10-18)26(31)21-13-14-22-23(16-21)29-24(17-28-22)19-7-5-4-6-8-19/h9-14,16-17,19,26,31H,4-8,15H2,1-3H3;7,9-14,16-17H,4-6,8,15H2,1-3H3. The van der Waals surface area contributed by atoms with E-state index in [-0.39, 0.29) is 28.2 Å². The zero-order valence-corrected chi connectivity index (χ0v) is 37.2. The average Bonchev–Trinajstić information content (AvgIpc) is 3.28. The fourth-order valence-electron chi connectivity index (χ4n) is 8.04. The van der Waals surface area contributed by atoms with Gasteiger partial charge in [0.15, 0.2) is 5.78 Å². The number of aliphatic hydroxyl groups is 1. The summed E-state index contributed by atoms with van der Waals surface area (Å²) in [6.07, 6.45) is 16.8. The lowest BCUT2D eigenvalue weighted by Gasteiger charge is -2.21. The van der Waals surface area contributed by atoms with Gasteiger partial charge in [0.2, 0.25) is 0 Å². The van der Waals surface area contributed by atoms with Crippen LogP contribution in [0.25, 0.3) is 27.6 Å². The molecule has 320 valence electrons. The molecule has 6 aromatic rings. The van der Waals surface area contributed by atoms with E-state index in [1.807, 2.05) is 121 Å². The minimum Gasteiger partial charge on any atom is -0.384 e. The SMILES string of the molecule is CC(C)(C)C(=O)Cc1ccc(C(=O)c2ccc3ncc(C4=CCCCC4)nc3c2)cc1.CC(C)(C)C(=O)Cc1ccc(C(O)c2ccc3ncc(C4CCCCC4)nc3c2)cc1. The number of carbonyl (C=O) groups excluding carboxylic acids is 3. The minimum absolute atomic E-state index is 0.0558. The predicted molar refractivity (Wildman–Crippen MR) is 248 cm³/mol. The van der Waals surface area contributed by atoms with Gasteiger partial charge in [-0.1, -0.05) is 121 Å². The van der Waals surface area contributed by atoms with E-state index < -0.39 is 6.10 Å². The molecular weight excluding hydrogens is 769 g/mol. The zero-order valence-electron chi connectivity index (χ0n) is 37.2. The van der Waals surface area contributed by atoms with Crippen LogP contribution in [0.5, 0.6) is 0 Å². The Hall–Kier alpha value is -5.73. The molecule has 1 unspecified atom stereocenters. The van der Waals surface area contributed by atoms with Gasteiger partial charge in [-0.3, -0.25) is 24.4 Å². The van der Waals surface area contributed by atoms with Gasteiger partial charge in [-0.2, -0.15) is 0 Å². The number of aliphatic hydroxyl groups excluding tert-OH is 1. The highest BCUT2D eigenvalue weighted by Gasteiger charge is 2.23. The van der Waals surface area contributed by atoms with Gasteiger partial charge >= 0.3 is 0 Å². The molecular formula is C54H60N4O4. The second-order valence-electron chi connectivity index (χ2n) is 19.2. The largest absolute Gasteiger partial charge is 0.384 e. The van der Waals surface area contributed by atoms with Crippen LogP contribution < -0.4 is 0 Å². The third-order valence-electron chi connectivity index (χ3n) is 12.3. The third-order valence-corrected chi connectivity index (χ3v) is 12.3. The number of hydrogen-bond donors (Lipinski definition) is 1. The van der Waals surface area contributed by atoms with Crippen LogP contribution >= 0.6 is 0 Å². The van der Waals surface area contributed by atoms with Crippen molar-refractivity contribution >= 4 is 45.0 Å². The second kappa shape index (κ2) is 19.1. The quantitative estimate of drug-likeness (QED) is 0.135. The fraction of sp³-hybridized carbons (Fsp3) is 0.389. The van der Waals surface area contributed by atoms with Crippen molar-refractivity contribution in [2.45, 2.75) is 124 Å². The molecule has 0 aliphatic heterocycles. The molecule has 62 heavy (non-hydrogen) atoms. The number of rotatable bonds is 10. The molecule has 8 nitrogen and oxygen atoms in total. The molecule has 8 heteroatoms. The van der Waals surface area contributed by atoms with E-state index in [0.717, 1.165) is 68.6 Å². The number of nitrogens with zero attached hydrogens (tertiary/aromatic N) is 4. The lowest BCUT2D eigenvalue weighted by Crippen LogP contribution is -2.22. The Balaban J connectivity index is 0.000000186. The summed E-state index contributed by atoms with van der Waals surface area (Å²) in [5.74, 6) is 0.841. The average molecular weight is 829 g/mol. The summed E-state index contributed by atoms with van der Waals surface area (Å²) in [6.45, 7) is 11.6. The van der Waals surface area contributed by atoms with Crippen LogP contribution in [0, 0.1) is 10.8 Å². The summed E-state index contributed by atoms with van der Waals surface area (Å²) >= 11 is 0. The van der Waals surface area contributed by atoms with Gasteiger partial charge < -0.3 is 5.11 Å². The zero-order chi connectivity index (χ0) is 44.0. The molecule has 2 heterocycles. The molecule has 2 aliphatic rings. The first-order valence-electron chi connectivity index (χ1n) is 22.3. The summed E-state index contributed by atoms with van der Waals surface area (Å²) in [7, 11) is 0. The van der Waals surface area contributed by atoms with E-state index in [0.29, 0.717) is 29.9 Å². The number of allylic oxidation sites excluding steroid dienone is 2. The lowest BCUT2D eigenvalue weighted by atomic mass is 9.87. The number of aromatic nitrogens is 4. The lowest BCUT2D eigenvalue weighted by molar-refractivity contribution is -0.126. The molecule has 1 atom stereocenters. The van der Waals surface area contributed by atoms with Gasteiger partial charge in [0.05, 0.1) is 39.7 Å². The van der Waals surface area contributed by atoms with Crippen LogP contribution in [-0.2, 0) is 22.4 Å². The van der Waals surface area contributed by atoms with Crippen LogP contribution in [0.15, 0.2) is 103 Å². The number of fused-ring (bicyclic) bond motifs is 2. The molecule has 0 bridgehead atoms. The molecule has 1 fully saturated rings. The van der Waals surface area contributed by atoms with Gasteiger partial charge in [-0.25, -0.2) is 9.97 Å². The number of benzene rings is 4. The topological polar surface area (TPSA) is 123 Å². The smallest absolute Gasteiger partial charge is 0.193 e. The van der Waals surface area contributed by atoms with Gasteiger partial charge in [-0.15, -0.1) is 0 Å². The molecule has 0 saturated heterocycles. The molecule has 0 radical (unpaired) electrons. The first-order chi connectivity index (χ1) is 29.6. The van der Waals surface area contributed by atoms with Gasteiger partial charge in [-0.05, 0) is 96.7 Å². The summed E-state index contributed by atoms with van der Waals surface area (Å²) in [4.78, 5) is 56.4. The molecule has 1 saturated carbocycles. The van der Waals surface area contributed by atoms with Crippen molar-refractivity contribution < 1.29 is 19.5 Å². The monoisotopic (exact) mass is 828 g/mol. The molecule has 0 spiro atoms. The predicted octanol–water partition coefficient (Wildman–Crippen LogP) is 11.9. The Morgan fingerprint density at radius 3 is 1.79 bits per heavy atom. The molecule has 4 aromatic carbocycles. The van der Waals surface area contributed by atoms with Crippen LogP contribution in [0.3, 0.4) is 0 Å². The maximum atomic E-state index is 13.0. The highest BCUT2D eigenvalue weighted by atomic mass is 16.3. The van der Waals surface area contributed by atoms with Gasteiger partial charge in [0, 0.05) is 46.9 Å². The Kier molecular flexibility index (Phi) is 13.7. The highest BCUT2D eigenvalue weighted by Crippen LogP contribution is 2.33. The number of ketones is 3. The molecule has 8 rings (SSSR count). The molecule has 0 amide bonds. The number of hydrogen-bond acceptors (Lipinski definition) is 8. The molecule has 2 aliphatic carbocycles. The number of carbonyl (C=O) groups is 3. The van der Waals surface area contributed by atoms with Crippen molar-refractivity contribution in [2.75, 3.05) is 0 Å². The first-order valence-corrected chi connectivity index (χ1v) is 22.3. The third kappa shape index (κ3) is 11.0. The van der Waals surface area contributed by atoms with Gasteiger partial charge in [0.1, 0.15) is 17.7 Å². The van der Waals surface area contributed by atoms with Crippen LogP contribution in [0.4, 0.5) is 0 Å². The Morgan fingerprint density at radius 1 is 0.613 bits per heavy atom. The van der Waals surface area contributed by atoms with Crippen molar-refractivity contribution in [3.05, 3.63) is 148 Å². The van der Waals surface area contributed by atoms with E-state index in [1.54, 1.807) is 18.2 Å². The Labute approximate surface area is 366 Å². The summed E-state index contributed by atoms with van der Waals surface area (Å²) < 4.78 is 0. The maximum absolute atomic E-state index is 13.0. The van der Waals surface area contributed by atoms with Crippen molar-refractivity contribution in [1.82, 2.24) is 19.9 Å². The summed E-state index contributed by atoms with van der Waals surface area (Å²) in [5.41, 5.74) is 10.4. The first kappa shape index (κ1) is 44.3. The summed E-state index contributed by atoms with van der Waals surface area (Å²) in [6, 6.07) is 26.3. The minimum atomic E-state index is -0.739. The van der Waals surface area contributed by atoms with E-state index in [4.69, 9.17) is 9.97 Å². The normalized spacial score (nSPS) is 15.4. The number of Topliss-reactive ketones (excluding diaryl/α,β-unsaturated/α-hetero) is 2. The van der Waals surface area contributed by atoms with E-state index >= 15 is 0 Å². The van der Waals surface area contributed by atoms with E-state index in [2.05, 4.69) is 16.0 Å². The van der Waals surface area contributed by atoms with Crippen molar-refractivity contribution in [3.8, 4) is 0 Å². The van der Waals surface area contributed by atoms with Crippen molar-refractivity contribution in [1.29, 1.82) is 0 Å². The fourth-order valence-corrected chi connectivity index (χ4v) is 8.04. The van der Waals surface area contributed by atoms with Crippen molar-refractivity contribution in [2.24, 2.45) is 10.8 Å². The van der Waals surface area contributed by atoms with E-state index in [9.17, 15) is 19.5 Å². The Bertz CT molecular complexity index is 2590. The maximum Gasteiger partial charge on any atom is 0.193 e. The van der Waals surface area contributed by atoms with Gasteiger partial charge in [0.25, 0.3) is 0 Å². The highest BCUT2D eigenvalue weighted by molar-refractivity contribution is 6.10. The second-order valence-corrected chi connectivity index (χ2v) is 19.2. The molecule has 1 N–H and O–H groups in total. The van der Waals surface area contributed by atoms with Crippen LogP contribution in [0.1, 0.15) is 161 Å². The van der Waals surface area contributed by atoms with Crippen molar-refractivity contribution in [3.63, 3.8) is 0 Å². The van der Waals surface area contributed by atoms with Crippen LogP contribution in [-0.4, -0.2) is 42.4 Å². The Morgan fingerprint density at radius 2 is 1.18 bits per heavy atom.